The number of nitrogens with one attached hydrogen (secondary N) is 1. The van der Waals surface area contributed by atoms with E-state index in [9.17, 15) is 9.59 Å². The lowest BCUT2D eigenvalue weighted by molar-refractivity contribution is -0.139. The van der Waals surface area contributed by atoms with Gasteiger partial charge >= 0.3 is 0 Å². The van der Waals surface area contributed by atoms with E-state index in [-0.39, 0.29) is 23.3 Å². The van der Waals surface area contributed by atoms with Crippen molar-refractivity contribution in [3.63, 3.8) is 0 Å². The molecule has 1 saturated heterocycles. The van der Waals surface area contributed by atoms with Gasteiger partial charge in [-0.1, -0.05) is 6.42 Å². The summed E-state index contributed by atoms with van der Waals surface area (Å²) in [5, 5.41) is 3.06. The number of amides is 2. The molecule has 1 N–H and O–H groups in total. The number of hydrogen-bond donors (Lipinski definition) is 1. The summed E-state index contributed by atoms with van der Waals surface area (Å²) >= 11 is 0. The van der Waals surface area contributed by atoms with Crippen LogP contribution in [0.1, 0.15) is 42.5 Å². The number of aromatic nitrogens is 1. The fraction of sp³-hybridized carbons (Fsp3) is 0.562. The van der Waals surface area contributed by atoms with E-state index in [2.05, 4.69) is 10.3 Å². The van der Waals surface area contributed by atoms with E-state index < -0.39 is 0 Å². The molecule has 0 bridgehead atoms. The van der Waals surface area contributed by atoms with Crippen LogP contribution in [-0.4, -0.2) is 41.3 Å². The van der Waals surface area contributed by atoms with E-state index in [0.717, 1.165) is 25.7 Å². The molecular weight excluding hydrogens is 266 g/mol. The lowest BCUT2D eigenvalue weighted by Gasteiger charge is -2.44. The normalized spacial score (nSPS) is 28.3. The minimum atomic E-state index is -0.0584. The average Bonchev–Trinajstić information content (AvgIpc) is 2.95. The van der Waals surface area contributed by atoms with Gasteiger partial charge in [0.05, 0.1) is 0 Å². The van der Waals surface area contributed by atoms with E-state index in [1.165, 1.54) is 0 Å². The van der Waals surface area contributed by atoms with Crippen molar-refractivity contribution in [1.82, 2.24) is 15.2 Å². The molecule has 5 nitrogen and oxygen atoms in total. The van der Waals surface area contributed by atoms with Crippen molar-refractivity contribution in [1.29, 1.82) is 0 Å². The van der Waals surface area contributed by atoms with Crippen LogP contribution in [0.15, 0.2) is 24.5 Å². The predicted molar refractivity (Wildman–Crippen MR) is 78.6 cm³/mol. The van der Waals surface area contributed by atoms with Gasteiger partial charge < -0.3 is 10.2 Å². The van der Waals surface area contributed by atoms with E-state index in [4.69, 9.17) is 0 Å². The number of rotatable bonds is 3. The summed E-state index contributed by atoms with van der Waals surface area (Å²) in [4.78, 5) is 29.9. The molecule has 1 aliphatic heterocycles. The molecule has 1 saturated carbocycles. The number of nitrogens with zero attached hydrogens (tertiary/aromatic N) is 2. The van der Waals surface area contributed by atoms with Crippen LogP contribution in [0.4, 0.5) is 0 Å². The minimum absolute atomic E-state index is 0.0584. The number of hydrogen-bond acceptors (Lipinski definition) is 3. The molecule has 21 heavy (non-hydrogen) atoms. The molecule has 2 fully saturated rings. The van der Waals surface area contributed by atoms with E-state index in [0.29, 0.717) is 18.5 Å². The molecule has 112 valence electrons. The van der Waals surface area contributed by atoms with Gasteiger partial charge in [0, 0.05) is 49.4 Å². The van der Waals surface area contributed by atoms with Crippen molar-refractivity contribution in [3.05, 3.63) is 30.1 Å². The maximum absolute atomic E-state index is 12.2. The van der Waals surface area contributed by atoms with Crippen molar-refractivity contribution >= 4 is 11.8 Å². The van der Waals surface area contributed by atoms with Crippen LogP contribution in [-0.2, 0) is 4.79 Å². The largest absolute Gasteiger partial charge is 0.351 e. The molecule has 0 aromatic carbocycles. The Bertz CT molecular complexity index is 546. The molecule has 2 amide bonds. The average molecular weight is 287 g/mol. The second-order valence-corrected chi connectivity index (χ2v) is 6.19. The molecular formula is C16H21N3O2. The highest BCUT2D eigenvalue weighted by Crippen LogP contribution is 2.47. The summed E-state index contributed by atoms with van der Waals surface area (Å²) in [6, 6.07) is 3.71. The summed E-state index contributed by atoms with van der Waals surface area (Å²) in [6.45, 7) is 0.649. The van der Waals surface area contributed by atoms with Gasteiger partial charge in [0.1, 0.15) is 0 Å². The summed E-state index contributed by atoms with van der Waals surface area (Å²) in [5.74, 6) is 0.176. The van der Waals surface area contributed by atoms with Crippen LogP contribution in [0, 0.1) is 5.41 Å². The summed E-state index contributed by atoms with van der Waals surface area (Å²) in [6.07, 6.45) is 8.00. The molecule has 1 aromatic rings. The zero-order valence-electron chi connectivity index (χ0n) is 12.3. The molecule has 0 spiro atoms. The Morgan fingerprint density at radius 1 is 1.43 bits per heavy atom. The second-order valence-electron chi connectivity index (χ2n) is 6.19. The Morgan fingerprint density at radius 3 is 2.95 bits per heavy atom. The number of carbonyl (C=O) groups excluding carboxylic acids is 2. The Balaban J connectivity index is 1.69. The van der Waals surface area contributed by atoms with Gasteiger partial charge in [0.25, 0.3) is 5.91 Å². The van der Waals surface area contributed by atoms with Gasteiger partial charge in [-0.15, -0.1) is 0 Å². The summed E-state index contributed by atoms with van der Waals surface area (Å²) in [5.41, 5.74) is 0.696. The molecule has 3 rings (SSSR count). The fourth-order valence-corrected chi connectivity index (χ4v) is 3.88. The fourth-order valence-electron chi connectivity index (χ4n) is 3.88. The summed E-state index contributed by atoms with van der Waals surface area (Å²) < 4.78 is 0. The van der Waals surface area contributed by atoms with Gasteiger partial charge in [0.15, 0.2) is 0 Å². The van der Waals surface area contributed by atoms with Crippen LogP contribution < -0.4 is 5.32 Å². The summed E-state index contributed by atoms with van der Waals surface area (Å²) in [7, 11) is 1.90. The van der Waals surface area contributed by atoms with Crippen LogP contribution >= 0.6 is 0 Å². The Kier molecular flexibility index (Phi) is 3.66. The maximum Gasteiger partial charge on any atom is 0.251 e. The first-order valence-corrected chi connectivity index (χ1v) is 7.56. The number of pyridine rings is 1. The minimum Gasteiger partial charge on any atom is -0.351 e. The molecule has 2 aliphatic rings. The Hall–Kier alpha value is -1.91. The van der Waals surface area contributed by atoms with Crippen LogP contribution in [0.2, 0.25) is 0 Å². The highest BCUT2D eigenvalue weighted by Gasteiger charge is 2.49. The number of likely N-dealkylation sites (tertiary alicyclic amines) is 1. The van der Waals surface area contributed by atoms with E-state index in [1.807, 2.05) is 11.9 Å². The zero-order chi connectivity index (χ0) is 14.9. The van der Waals surface area contributed by atoms with Gasteiger partial charge in [-0.25, -0.2) is 0 Å². The highest BCUT2D eigenvalue weighted by atomic mass is 16.2. The van der Waals surface area contributed by atoms with Crippen molar-refractivity contribution in [2.45, 2.75) is 38.1 Å². The van der Waals surface area contributed by atoms with Crippen molar-refractivity contribution in [2.75, 3.05) is 13.6 Å². The maximum atomic E-state index is 12.2. The quantitative estimate of drug-likeness (QED) is 0.918. The third-order valence-electron chi connectivity index (χ3n) is 5.10. The van der Waals surface area contributed by atoms with Gasteiger partial charge in [-0.3, -0.25) is 14.6 Å². The van der Waals surface area contributed by atoms with Crippen LogP contribution in [0.5, 0.6) is 0 Å². The Labute approximate surface area is 124 Å². The van der Waals surface area contributed by atoms with Crippen molar-refractivity contribution < 1.29 is 9.59 Å². The van der Waals surface area contributed by atoms with Gasteiger partial charge in [0.2, 0.25) is 5.91 Å². The van der Waals surface area contributed by atoms with E-state index >= 15 is 0 Å². The molecule has 1 aromatic heterocycles. The van der Waals surface area contributed by atoms with Crippen LogP contribution in [0.25, 0.3) is 0 Å². The first-order chi connectivity index (χ1) is 10.1. The number of fused-ring (bicyclic) bond motifs is 1. The van der Waals surface area contributed by atoms with Crippen molar-refractivity contribution in [3.8, 4) is 0 Å². The smallest absolute Gasteiger partial charge is 0.251 e. The van der Waals surface area contributed by atoms with Crippen LogP contribution in [0.3, 0.4) is 0 Å². The molecule has 5 heteroatoms. The SMILES string of the molecule is CN1C(=O)CC[C@]2(CNC(=O)c3ccncc3)CCC[C@@H]12. The molecule has 0 radical (unpaired) electrons. The zero-order valence-corrected chi connectivity index (χ0v) is 12.3. The van der Waals surface area contributed by atoms with E-state index in [1.54, 1.807) is 24.5 Å². The molecule has 0 unspecified atom stereocenters. The third kappa shape index (κ3) is 2.52. The third-order valence-corrected chi connectivity index (χ3v) is 5.10. The molecule has 2 atom stereocenters. The molecule has 1 aliphatic carbocycles. The Morgan fingerprint density at radius 2 is 2.19 bits per heavy atom. The van der Waals surface area contributed by atoms with Gasteiger partial charge in [-0.05, 0) is 31.4 Å². The monoisotopic (exact) mass is 287 g/mol. The van der Waals surface area contributed by atoms with Gasteiger partial charge in [-0.2, -0.15) is 0 Å². The second kappa shape index (κ2) is 5.47. The standard InChI is InChI=1S/C16H21N3O2/c1-19-13-3-2-7-16(13,8-4-14(19)20)11-18-15(21)12-5-9-17-10-6-12/h5-6,9-10,13H,2-4,7-8,11H2,1H3,(H,18,21)/t13-,16+/m1/s1. The lowest BCUT2D eigenvalue weighted by atomic mass is 9.74. The highest BCUT2D eigenvalue weighted by molar-refractivity contribution is 5.94. The molecule has 2 heterocycles. The lowest BCUT2D eigenvalue weighted by Crippen LogP contribution is -2.54. The predicted octanol–water partition coefficient (Wildman–Crippen LogP) is 1.60. The number of piperidine rings is 1. The van der Waals surface area contributed by atoms with Crippen molar-refractivity contribution in [2.24, 2.45) is 5.41 Å². The first kappa shape index (κ1) is 14.0. The topological polar surface area (TPSA) is 62.3 Å². The number of carbonyl (C=O) groups is 2. The first-order valence-electron chi connectivity index (χ1n) is 7.56.